The first-order valence-corrected chi connectivity index (χ1v) is 5.20. The van der Waals surface area contributed by atoms with Crippen LogP contribution in [0.1, 0.15) is 31.4 Å². The number of aryl methyl sites for hydroxylation is 1. The Morgan fingerprint density at radius 3 is 2.53 bits per heavy atom. The molecule has 3 heteroatoms. The highest BCUT2D eigenvalue weighted by Gasteiger charge is 2.17. The Hall–Kier alpha value is -1.64. The maximum absolute atomic E-state index is 10.5. The summed E-state index contributed by atoms with van der Waals surface area (Å²) in [6, 6.07) is 7.79. The van der Waals surface area contributed by atoms with E-state index in [1.165, 1.54) is 5.56 Å². The molecule has 0 saturated carbocycles. The van der Waals surface area contributed by atoms with Gasteiger partial charge < -0.3 is 0 Å². The van der Waals surface area contributed by atoms with Crippen LogP contribution in [-0.4, -0.2) is 4.92 Å². The lowest BCUT2D eigenvalue weighted by Gasteiger charge is -2.10. The van der Waals surface area contributed by atoms with E-state index in [0.29, 0.717) is 12.1 Å². The molecule has 0 saturated heterocycles. The molecule has 1 aromatic rings. The van der Waals surface area contributed by atoms with Gasteiger partial charge in [0.25, 0.3) is 0 Å². The number of hydrogen-bond acceptors (Lipinski definition) is 2. The summed E-state index contributed by atoms with van der Waals surface area (Å²) in [4.78, 5) is 10.2. The van der Waals surface area contributed by atoms with Gasteiger partial charge in [0.05, 0.1) is 4.92 Å². The maximum atomic E-state index is 10.5. The summed E-state index contributed by atoms with van der Waals surface area (Å²) in [5.74, 6) is 0. The molecule has 0 atom stereocenters. The minimum atomic E-state index is -0.296. The SMILES string of the molecule is CC.O=[N+]([O-])C1=Cc2ccccc2CC1. The van der Waals surface area contributed by atoms with Crippen LogP contribution in [0.15, 0.2) is 30.0 Å². The largest absolute Gasteiger partial charge is 0.259 e. The van der Waals surface area contributed by atoms with Crippen molar-refractivity contribution in [3.8, 4) is 0 Å². The monoisotopic (exact) mass is 205 g/mol. The van der Waals surface area contributed by atoms with Crippen LogP contribution < -0.4 is 0 Å². The van der Waals surface area contributed by atoms with Crippen LogP contribution >= 0.6 is 0 Å². The Morgan fingerprint density at radius 1 is 1.20 bits per heavy atom. The highest BCUT2D eigenvalue weighted by atomic mass is 16.6. The van der Waals surface area contributed by atoms with Crippen LogP contribution in [-0.2, 0) is 6.42 Å². The smallest absolute Gasteiger partial charge is 0.247 e. The Bertz CT molecular complexity index is 383. The molecule has 0 aliphatic heterocycles. The summed E-state index contributed by atoms with van der Waals surface area (Å²) < 4.78 is 0. The van der Waals surface area contributed by atoms with Crippen molar-refractivity contribution in [2.45, 2.75) is 26.7 Å². The van der Waals surface area contributed by atoms with Crippen molar-refractivity contribution in [1.29, 1.82) is 0 Å². The highest BCUT2D eigenvalue weighted by Crippen LogP contribution is 2.23. The fourth-order valence-corrected chi connectivity index (χ4v) is 1.56. The first kappa shape index (κ1) is 11.4. The van der Waals surface area contributed by atoms with Gasteiger partial charge in [0, 0.05) is 12.5 Å². The second-order valence-corrected chi connectivity index (χ2v) is 3.09. The van der Waals surface area contributed by atoms with Crippen molar-refractivity contribution in [2.75, 3.05) is 0 Å². The first-order valence-electron chi connectivity index (χ1n) is 5.20. The van der Waals surface area contributed by atoms with Gasteiger partial charge in [0.15, 0.2) is 0 Å². The molecule has 1 aliphatic rings. The van der Waals surface area contributed by atoms with Gasteiger partial charge in [0.1, 0.15) is 0 Å². The van der Waals surface area contributed by atoms with Gasteiger partial charge in [-0.2, -0.15) is 0 Å². The predicted molar refractivity (Wildman–Crippen MR) is 61.1 cm³/mol. The van der Waals surface area contributed by atoms with Gasteiger partial charge >= 0.3 is 0 Å². The molecule has 1 aliphatic carbocycles. The van der Waals surface area contributed by atoms with Gasteiger partial charge in [-0.15, -0.1) is 0 Å². The van der Waals surface area contributed by atoms with Crippen molar-refractivity contribution in [2.24, 2.45) is 0 Å². The van der Waals surface area contributed by atoms with E-state index in [9.17, 15) is 10.1 Å². The van der Waals surface area contributed by atoms with Crippen molar-refractivity contribution in [3.05, 3.63) is 51.2 Å². The summed E-state index contributed by atoms with van der Waals surface area (Å²) in [5, 5.41) is 10.5. The number of allylic oxidation sites excluding steroid dienone is 1. The number of nitro groups is 1. The van der Waals surface area contributed by atoms with E-state index in [1.54, 1.807) is 6.08 Å². The zero-order valence-electron chi connectivity index (χ0n) is 9.06. The van der Waals surface area contributed by atoms with Crippen LogP contribution in [0, 0.1) is 10.1 Å². The standard InChI is InChI=1S/C10H9NO2.C2H6/c12-11(13)10-6-5-8-3-1-2-4-9(8)7-10;1-2/h1-4,7H,5-6H2;1-2H3. The van der Waals surface area contributed by atoms with E-state index in [2.05, 4.69) is 0 Å². The molecule has 0 fully saturated rings. The Labute approximate surface area is 89.6 Å². The van der Waals surface area contributed by atoms with Gasteiger partial charge in [-0.05, 0) is 17.5 Å². The van der Waals surface area contributed by atoms with Crippen LogP contribution in [0.5, 0.6) is 0 Å². The lowest BCUT2D eigenvalue weighted by Crippen LogP contribution is -2.05. The topological polar surface area (TPSA) is 43.1 Å². The van der Waals surface area contributed by atoms with Crippen LogP contribution in [0.3, 0.4) is 0 Å². The zero-order chi connectivity index (χ0) is 11.3. The molecule has 3 nitrogen and oxygen atoms in total. The number of benzene rings is 1. The van der Waals surface area contributed by atoms with Gasteiger partial charge in [-0.25, -0.2) is 0 Å². The second kappa shape index (κ2) is 5.29. The lowest BCUT2D eigenvalue weighted by atomic mass is 9.96. The fourth-order valence-electron chi connectivity index (χ4n) is 1.56. The average molecular weight is 205 g/mol. The van der Waals surface area contributed by atoms with Crippen LogP contribution in [0.4, 0.5) is 0 Å². The molecule has 0 N–H and O–H groups in total. The van der Waals surface area contributed by atoms with E-state index in [0.717, 1.165) is 12.0 Å². The summed E-state index contributed by atoms with van der Waals surface area (Å²) >= 11 is 0. The number of fused-ring (bicyclic) bond motifs is 1. The molecule has 2 rings (SSSR count). The van der Waals surface area contributed by atoms with Crippen molar-refractivity contribution >= 4 is 6.08 Å². The van der Waals surface area contributed by atoms with Gasteiger partial charge in [-0.3, -0.25) is 10.1 Å². The molecule has 0 amide bonds. The Morgan fingerprint density at radius 2 is 1.87 bits per heavy atom. The molecule has 0 aromatic heterocycles. The number of hydrogen-bond donors (Lipinski definition) is 0. The van der Waals surface area contributed by atoms with Crippen molar-refractivity contribution in [3.63, 3.8) is 0 Å². The third-order valence-electron chi connectivity index (χ3n) is 2.26. The van der Waals surface area contributed by atoms with E-state index >= 15 is 0 Å². The molecular weight excluding hydrogens is 190 g/mol. The molecule has 0 spiro atoms. The minimum Gasteiger partial charge on any atom is -0.259 e. The molecule has 1 aromatic carbocycles. The second-order valence-electron chi connectivity index (χ2n) is 3.09. The predicted octanol–water partition coefficient (Wildman–Crippen LogP) is 3.28. The minimum absolute atomic E-state index is 0.296. The van der Waals surface area contributed by atoms with Crippen LogP contribution in [0.25, 0.3) is 6.08 Å². The normalized spacial score (nSPS) is 13.1. The Kier molecular flexibility index (Phi) is 4.03. The van der Waals surface area contributed by atoms with E-state index in [-0.39, 0.29) is 4.92 Å². The summed E-state index contributed by atoms with van der Waals surface area (Å²) in [7, 11) is 0. The van der Waals surface area contributed by atoms with Gasteiger partial charge in [-0.1, -0.05) is 38.1 Å². The highest BCUT2D eigenvalue weighted by molar-refractivity contribution is 5.57. The number of nitrogens with zero attached hydrogens (tertiary/aromatic N) is 1. The van der Waals surface area contributed by atoms with Crippen molar-refractivity contribution < 1.29 is 4.92 Å². The van der Waals surface area contributed by atoms with E-state index in [4.69, 9.17) is 0 Å². The van der Waals surface area contributed by atoms with E-state index < -0.39 is 0 Å². The Balaban J connectivity index is 0.000000531. The third-order valence-corrected chi connectivity index (χ3v) is 2.26. The van der Waals surface area contributed by atoms with Crippen LogP contribution in [0.2, 0.25) is 0 Å². The molecule has 0 radical (unpaired) electrons. The summed E-state index contributed by atoms with van der Waals surface area (Å²) in [5.41, 5.74) is 2.51. The third kappa shape index (κ3) is 2.65. The van der Waals surface area contributed by atoms with Gasteiger partial charge in [0.2, 0.25) is 5.70 Å². The quantitative estimate of drug-likeness (QED) is 0.521. The summed E-state index contributed by atoms with van der Waals surface area (Å²) in [6.07, 6.45) is 2.99. The zero-order valence-corrected chi connectivity index (χ0v) is 9.06. The molecule has 0 heterocycles. The molecule has 0 bridgehead atoms. The first-order chi connectivity index (χ1) is 7.27. The summed E-state index contributed by atoms with van der Waals surface area (Å²) in [6.45, 7) is 4.00. The maximum Gasteiger partial charge on any atom is 0.247 e. The van der Waals surface area contributed by atoms with Crippen molar-refractivity contribution in [1.82, 2.24) is 0 Å². The average Bonchev–Trinajstić information content (AvgIpc) is 2.31. The molecule has 80 valence electrons. The molecule has 15 heavy (non-hydrogen) atoms. The molecular formula is C12H15NO2. The fraction of sp³-hybridized carbons (Fsp3) is 0.333. The molecule has 0 unspecified atom stereocenters. The lowest BCUT2D eigenvalue weighted by molar-refractivity contribution is -0.426. The van der Waals surface area contributed by atoms with E-state index in [1.807, 2.05) is 38.1 Å². The number of rotatable bonds is 1.